The molecule has 0 radical (unpaired) electrons. The number of sulfonamides is 1. The molecule has 18 heavy (non-hydrogen) atoms. The summed E-state index contributed by atoms with van der Waals surface area (Å²) in [6.07, 6.45) is 0. The van der Waals surface area contributed by atoms with E-state index in [0.717, 1.165) is 9.75 Å². The Bertz CT molecular complexity index is 580. The van der Waals surface area contributed by atoms with Gasteiger partial charge in [0.05, 0.1) is 10.6 Å². The number of nitrogens with zero attached hydrogens (tertiary/aromatic N) is 1. The predicted octanol–water partition coefficient (Wildman–Crippen LogP) is 0.873. The zero-order chi connectivity index (χ0) is 13.2. The lowest BCUT2D eigenvalue weighted by Crippen LogP contribution is -2.24. The molecule has 0 bridgehead atoms. The maximum absolute atomic E-state index is 11.8. The molecule has 1 unspecified atom stereocenters. The molecule has 0 amide bonds. The highest BCUT2D eigenvalue weighted by atomic mass is 32.2. The summed E-state index contributed by atoms with van der Waals surface area (Å²) in [4.78, 5) is 1.83. The van der Waals surface area contributed by atoms with Crippen LogP contribution in [-0.2, 0) is 16.6 Å². The van der Waals surface area contributed by atoms with Gasteiger partial charge in [0.15, 0.2) is 0 Å². The van der Waals surface area contributed by atoms with Crippen molar-refractivity contribution in [2.75, 3.05) is 18.9 Å². The van der Waals surface area contributed by atoms with Crippen LogP contribution in [0.25, 0.3) is 0 Å². The minimum absolute atomic E-state index is 0.161. The Kier molecular flexibility index (Phi) is 4.07. The summed E-state index contributed by atoms with van der Waals surface area (Å²) < 4.78 is 25.2. The Balaban J connectivity index is 2.08. The fraction of sp³-hybridized carbons (Fsp3) is 0.500. The van der Waals surface area contributed by atoms with Gasteiger partial charge in [0, 0.05) is 18.0 Å². The Morgan fingerprint density at radius 1 is 1.56 bits per heavy atom. The first-order valence-corrected chi connectivity index (χ1v) is 8.10. The zero-order valence-corrected chi connectivity index (χ0v) is 11.7. The third kappa shape index (κ3) is 3.12. The molecule has 6 heteroatoms. The fourth-order valence-corrected chi connectivity index (χ4v) is 4.80. The average molecular weight is 285 g/mol. The van der Waals surface area contributed by atoms with Crippen LogP contribution >= 0.6 is 11.3 Å². The van der Waals surface area contributed by atoms with E-state index in [9.17, 15) is 8.42 Å². The van der Waals surface area contributed by atoms with Gasteiger partial charge in [-0.15, -0.1) is 11.3 Å². The lowest BCUT2D eigenvalue weighted by Gasteiger charge is -2.12. The molecule has 0 aromatic carbocycles. The average Bonchev–Trinajstić information content (AvgIpc) is 2.81. The SMILES string of the molecule is CC1CN(Cc2ccc(C#CCO)s2)S(=O)(=O)C1. The third-order valence-corrected chi connectivity index (χ3v) is 5.73. The molecule has 0 spiro atoms. The molecule has 98 valence electrons. The van der Waals surface area contributed by atoms with Crippen LogP contribution in [0.15, 0.2) is 12.1 Å². The Labute approximate surface area is 111 Å². The molecule has 0 aliphatic carbocycles. The van der Waals surface area contributed by atoms with Crippen LogP contribution < -0.4 is 0 Å². The minimum Gasteiger partial charge on any atom is -0.384 e. The normalized spacial score (nSPS) is 22.7. The second kappa shape index (κ2) is 5.41. The summed E-state index contributed by atoms with van der Waals surface area (Å²) in [7, 11) is -3.08. The van der Waals surface area contributed by atoms with E-state index >= 15 is 0 Å². The van der Waals surface area contributed by atoms with E-state index < -0.39 is 10.0 Å². The summed E-state index contributed by atoms with van der Waals surface area (Å²) in [5.41, 5.74) is 0. The van der Waals surface area contributed by atoms with Gasteiger partial charge in [0.2, 0.25) is 10.0 Å². The molecule has 1 aromatic rings. The van der Waals surface area contributed by atoms with E-state index in [2.05, 4.69) is 11.8 Å². The molecular formula is C12H15NO3S2. The number of aliphatic hydroxyl groups excluding tert-OH is 1. The zero-order valence-electron chi connectivity index (χ0n) is 10.1. The van der Waals surface area contributed by atoms with E-state index in [0.29, 0.717) is 13.1 Å². The van der Waals surface area contributed by atoms with E-state index in [1.165, 1.54) is 15.6 Å². The van der Waals surface area contributed by atoms with Crippen molar-refractivity contribution in [2.45, 2.75) is 13.5 Å². The molecule has 1 aliphatic heterocycles. The Morgan fingerprint density at radius 2 is 2.33 bits per heavy atom. The van der Waals surface area contributed by atoms with Gasteiger partial charge in [-0.25, -0.2) is 8.42 Å². The van der Waals surface area contributed by atoms with Crippen LogP contribution in [0.2, 0.25) is 0 Å². The van der Waals surface area contributed by atoms with E-state index in [-0.39, 0.29) is 18.3 Å². The molecule has 0 saturated carbocycles. The van der Waals surface area contributed by atoms with Gasteiger partial charge in [0.25, 0.3) is 0 Å². The quantitative estimate of drug-likeness (QED) is 0.821. The molecule has 2 heterocycles. The highest BCUT2D eigenvalue weighted by Crippen LogP contribution is 2.24. The van der Waals surface area contributed by atoms with Crippen LogP contribution in [0.1, 0.15) is 16.7 Å². The molecule has 1 saturated heterocycles. The largest absolute Gasteiger partial charge is 0.384 e. The number of hydrogen-bond donors (Lipinski definition) is 1. The smallest absolute Gasteiger partial charge is 0.214 e. The standard InChI is InChI=1S/C12H15NO3S2/c1-10-7-13(18(15,16)9-10)8-12-5-4-11(17-12)3-2-6-14/h4-5,10,14H,6-9H2,1H3. The van der Waals surface area contributed by atoms with E-state index in [1.54, 1.807) is 0 Å². The van der Waals surface area contributed by atoms with Crippen LogP contribution in [0.4, 0.5) is 0 Å². The monoisotopic (exact) mass is 285 g/mol. The van der Waals surface area contributed by atoms with Crippen LogP contribution in [0, 0.1) is 17.8 Å². The van der Waals surface area contributed by atoms with Crippen molar-refractivity contribution in [2.24, 2.45) is 5.92 Å². The lowest BCUT2D eigenvalue weighted by molar-refractivity contribution is 0.350. The van der Waals surface area contributed by atoms with Gasteiger partial charge < -0.3 is 5.11 Å². The fourth-order valence-electron chi connectivity index (χ4n) is 1.97. The summed E-state index contributed by atoms with van der Waals surface area (Å²) in [5, 5.41) is 8.61. The molecule has 1 aliphatic rings. The highest BCUT2D eigenvalue weighted by Gasteiger charge is 2.33. The first kappa shape index (κ1) is 13.6. The summed E-state index contributed by atoms with van der Waals surface area (Å²) in [5.74, 6) is 5.84. The molecule has 1 fully saturated rings. The molecule has 4 nitrogen and oxygen atoms in total. The first-order valence-electron chi connectivity index (χ1n) is 5.67. The lowest BCUT2D eigenvalue weighted by atomic mass is 10.2. The van der Waals surface area contributed by atoms with Crippen molar-refractivity contribution >= 4 is 21.4 Å². The first-order chi connectivity index (χ1) is 8.51. The second-order valence-corrected chi connectivity index (χ2v) is 7.58. The molecule has 2 rings (SSSR count). The van der Waals surface area contributed by atoms with Gasteiger partial charge >= 0.3 is 0 Å². The van der Waals surface area contributed by atoms with Gasteiger partial charge in [-0.1, -0.05) is 18.8 Å². The van der Waals surface area contributed by atoms with Crippen LogP contribution in [-0.4, -0.2) is 36.7 Å². The summed E-state index contributed by atoms with van der Waals surface area (Å²) >= 11 is 1.47. The van der Waals surface area contributed by atoms with Crippen LogP contribution in [0.3, 0.4) is 0 Å². The molecule has 1 atom stereocenters. The Morgan fingerprint density at radius 3 is 2.94 bits per heavy atom. The number of rotatable bonds is 2. The van der Waals surface area contributed by atoms with Crippen molar-refractivity contribution in [3.63, 3.8) is 0 Å². The van der Waals surface area contributed by atoms with Crippen molar-refractivity contribution in [1.82, 2.24) is 4.31 Å². The van der Waals surface area contributed by atoms with Gasteiger partial charge in [-0.2, -0.15) is 4.31 Å². The van der Waals surface area contributed by atoms with Gasteiger partial charge in [-0.05, 0) is 18.1 Å². The predicted molar refractivity (Wildman–Crippen MR) is 71.6 cm³/mol. The number of aliphatic hydroxyl groups is 1. The molecular weight excluding hydrogens is 270 g/mol. The Hall–Kier alpha value is -0.870. The maximum Gasteiger partial charge on any atom is 0.214 e. The van der Waals surface area contributed by atoms with Crippen molar-refractivity contribution in [1.29, 1.82) is 0 Å². The van der Waals surface area contributed by atoms with E-state index in [4.69, 9.17) is 5.11 Å². The second-order valence-electron chi connectivity index (χ2n) is 4.40. The topological polar surface area (TPSA) is 57.6 Å². The third-order valence-electron chi connectivity index (χ3n) is 2.69. The summed E-state index contributed by atoms with van der Waals surface area (Å²) in [6, 6.07) is 3.75. The number of thiophene rings is 1. The van der Waals surface area contributed by atoms with Crippen molar-refractivity contribution < 1.29 is 13.5 Å². The number of hydrogen-bond acceptors (Lipinski definition) is 4. The highest BCUT2D eigenvalue weighted by molar-refractivity contribution is 7.89. The van der Waals surface area contributed by atoms with Gasteiger partial charge in [0.1, 0.15) is 6.61 Å². The van der Waals surface area contributed by atoms with Crippen molar-refractivity contribution in [3.05, 3.63) is 21.9 Å². The molecule has 1 N–H and O–H groups in total. The van der Waals surface area contributed by atoms with E-state index in [1.807, 2.05) is 19.1 Å². The van der Waals surface area contributed by atoms with Gasteiger partial charge in [-0.3, -0.25) is 0 Å². The maximum atomic E-state index is 11.8. The van der Waals surface area contributed by atoms with Crippen LogP contribution in [0.5, 0.6) is 0 Å². The minimum atomic E-state index is -3.08. The molecule has 1 aromatic heterocycles. The van der Waals surface area contributed by atoms with Crippen molar-refractivity contribution in [3.8, 4) is 11.8 Å². The summed E-state index contributed by atoms with van der Waals surface area (Å²) in [6.45, 7) is 2.81.